The van der Waals surface area contributed by atoms with E-state index >= 15 is 0 Å². The highest BCUT2D eigenvalue weighted by Crippen LogP contribution is 2.22. The quantitative estimate of drug-likeness (QED) is 0.890. The molecular formula is C12H15ClFNS. The number of hydrogen-bond acceptors (Lipinski definition) is 2. The van der Waals surface area contributed by atoms with Gasteiger partial charge in [-0.05, 0) is 42.5 Å². The molecule has 1 saturated heterocycles. The van der Waals surface area contributed by atoms with E-state index in [0.29, 0.717) is 17.1 Å². The molecule has 0 aliphatic carbocycles. The summed E-state index contributed by atoms with van der Waals surface area (Å²) in [4.78, 5) is 0. The van der Waals surface area contributed by atoms with Gasteiger partial charge in [-0.15, -0.1) is 0 Å². The molecule has 1 N–H and O–H groups in total. The van der Waals surface area contributed by atoms with Crippen molar-refractivity contribution in [3.8, 4) is 0 Å². The molecule has 4 heteroatoms. The van der Waals surface area contributed by atoms with Crippen molar-refractivity contribution >= 4 is 23.4 Å². The summed E-state index contributed by atoms with van der Waals surface area (Å²) in [6.45, 7) is 1.57. The Hall–Kier alpha value is -0.250. The summed E-state index contributed by atoms with van der Waals surface area (Å²) in [5, 5.41) is 3.76. The zero-order valence-electron chi connectivity index (χ0n) is 9.01. The fourth-order valence-corrected chi connectivity index (χ4v) is 3.26. The summed E-state index contributed by atoms with van der Waals surface area (Å²) >= 11 is 7.69. The first-order valence-electron chi connectivity index (χ1n) is 5.48. The molecule has 0 radical (unpaired) electrons. The standard InChI is InChI=1S/C12H15ClFNS/c13-11-2-1-10(12(14)5-11)7-15-6-9-3-4-16-8-9/h1-2,5,9,15H,3-4,6-8H2. The Kier molecular flexibility index (Phi) is 4.50. The molecule has 1 aliphatic rings. The van der Waals surface area contributed by atoms with Gasteiger partial charge in [-0.1, -0.05) is 17.7 Å². The van der Waals surface area contributed by atoms with Gasteiger partial charge in [0.05, 0.1) is 0 Å². The number of benzene rings is 1. The summed E-state index contributed by atoms with van der Waals surface area (Å²) in [6, 6.07) is 4.84. The van der Waals surface area contributed by atoms with Crippen molar-refractivity contribution in [2.45, 2.75) is 13.0 Å². The lowest BCUT2D eigenvalue weighted by Gasteiger charge is -2.10. The Morgan fingerprint density at radius 2 is 2.38 bits per heavy atom. The monoisotopic (exact) mass is 259 g/mol. The molecule has 88 valence electrons. The minimum Gasteiger partial charge on any atom is -0.312 e. The Balaban J connectivity index is 1.80. The maximum absolute atomic E-state index is 13.4. The maximum atomic E-state index is 13.4. The van der Waals surface area contributed by atoms with Gasteiger partial charge in [0.2, 0.25) is 0 Å². The first-order chi connectivity index (χ1) is 7.75. The van der Waals surface area contributed by atoms with Gasteiger partial charge in [-0.3, -0.25) is 0 Å². The molecule has 0 amide bonds. The number of rotatable bonds is 4. The van der Waals surface area contributed by atoms with Gasteiger partial charge < -0.3 is 5.32 Å². The highest BCUT2D eigenvalue weighted by atomic mass is 35.5. The summed E-state index contributed by atoms with van der Waals surface area (Å²) in [7, 11) is 0. The van der Waals surface area contributed by atoms with Crippen LogP contribution in [0.15, 0.2) is 18.2 Å². The molecule has 2 rings (SSSR count). The molecule has 1 aromatic rings. The summed E-state index contributed by atoms with van der Waals surface area (Å²) in [5.74, 6) is 3.03. The molecule has 1 unspecified atom stereocenters. The van der Waals surface area contributed by atoms with Crippen LogP contribution in [0.5, 0.6) is 0 Å². The second kappa shape index (κ2) is 5.89. The summed E-state index contributed by atoms with van der Waals surface area (Å²) < 4.78 is 13.4. The third-order valence-electron chi connectivity index (χ3n) is 2.79. The van der Waals surface area contributed by atoms with Crippen LogP contribution in [-0.4, -0.2) is 18.1 Å². The zero-order chi connectivity index (χ0) is 11.4. The van der Waals surface area contributed by atoms with Crippen molar-refractivity contribution in [1.29, 1.82) is 0 Å². The second-order valence-corrected chi connectivity index (χ2v) is 5.68. The minimum absolute atomic E-state index is 0.221. The van der Waals surface area contributed by atoms with E-state index in [1.807, 2.05) is 11.8 Å². The lowest BCUT2D eigenvalue weighted by Crippen LogP contribution is -2.22. The van der Waals surface area contributed by atoms with E-state index in [9.17, 15) is 4.39 Å². The molecule has 0 saturated carbocycles. The maximum Gasteiger partial charge on any atom is 0.129 e. The summed E-state index contributed by atoms with van der Waals surface area (Å²) in [6.07, 6.45) is 1.28. The Morgan fingerprint density at radius 1 is 1.50 bits per heavy atom. The van der Waals surface area contributed by atoms with E-state index in [0.717, 1.165) is 12.5 Å². The first-order valence-corrected chi connectivity index (χ1v) is 7.01. The van der Waals surface area contributed by atoms with Gasteiger partial charge in [0.15, 0.2) is 0 Å². The lowest BCUT2D eigenvalue weighted by molar-refractivity contribution is 0.512. The highest BCUT2D eigenvalue weighted by Gasteiger charge is 2.14. The van der Waals surface area contributed by atoms with Crippen LogP contribution in [0.4, 0.5) is 4.39 Å². The van der Waals surface area contributed by atoms with Crippen molar-refractivity contribution < 1.29 is 4.39 Å². The number of halogens is 2. The third-order valence-corrected chi connectivity index (χ3v) is 4.25. The fourth-order valence-electron chi connectivity index (χ4n) is 1.82. The van der Waals surface area contributed by atoms with E-state index in [2.05, 4.69) is 5.32 Å². The predicted molar refractivity (Wildman–Crippen MR) is 68.5 cm³/mol. The lowest BCUT2D eigenvalue weighted by atomic mass is 10.1. The molecular weight excluding hydrogens is 245 g/mol. The number of hydrogen-bond donors (Lipinski definition) is 1. The van der Waals surface area contributed by atoms with Gasteiger partial charge in [-0.25, -0.2) is 4.39 Å². The van der Waals surface area contributed by atoms with Gasteiger partial charge in [-0.2, -0.15) is 11.8 Å². The largest absolute Gasteiger partial charge is 0.312 e. The molecule has 1 atom stereocenters. The van der Waals surface area contributed by atoms with Crippen LogP contribution < -0.4 is 5.32 Å². The number of thioether (sulfide) groups is 1. The molecule has 1 nitrogen and oxygen atoms in total. The van der Waals surface area contributed by atoms with Crippen molar-refractivity contribution in [1.82, 2.24) is 5.32 Å². The third kappa shape index (κ3) is 3.37. The Bertz CT molecular complexity index is 353. The van der Waals surface area contributed by atoms with E-state index in [-0.39, 0.29) is 5.82 Å². The normalized spacial score (nSPS) is 20.2. The molecule has 1 aromatic carbocycles. The van der Waals surface area contributed by atoms with Crippen LogP contribution in [0, 0.1) is 11.7 Å². The van der Waals surface area contributed by atoms with Crippen LogP contribution in [0.3, 0.4) is 0 Å². The molecule has 1 fully saturated rings. The first kappa shape index (κ1) is 12.2. The van der Waals surface area contributed by atoms with Crippen molar-refractivity contribution in [2.75, 3.05) is 18.1 Å². The number of nitrogens with one attached hydrogen (secondary N) is 1. The zero-order valence-corrected chi connectivity index (χ0v) is 10.6. The van der Waals surface area contributed by atoms with E-state index in [1.54, 1.807) is 12.1 Å². The van der Waals surface area contributed by atoms with Crippen LogP contribution in [0.1, 0.15) is 12.0 Å². The fraction of sp³-hybridized carbons (Fsp3) is 0.500. The van der Waals surface area contributed by atoms with E-state index in [4.69, 9.17) is 11.6 Å². The van der Waals surface area contributed by atoms with Crippen molar-refractivity contribution in [3.05, 3.63) is 34.6 Å². The molecule has 0 aromatic heterocycles. The molecule has 0 bridgehead atoms. The highest BCUT2D eigenvalue weighted by molar-refractivity contribution is 7.99. The average molecular weight is 260 g/mol. The van der Waals surface area contributed by atoms with Crippen LogP contribution >= 0.6 is 23.4 Å². The Labute approximate surface area is 105 Å². The van der Waals surface area contributed by atoms with Crippen LogP contribution in [-0.2, 0) is 6.54 Å². The second-order valence-electron chi connectivity index (χ2n) is 4.10. The van der Waals surface area contributed by atoms with Crippen molar-refractivity contribution in [3.63, 3.8) is 0 Å². The predicted octanol–water partition coefficient (Wildman–Crippen LogP) is 3.32. The van der Waals surface area contributed by atoms with E-state index < -0.39 is 0 Å². The topological polar surface area (TPSA) is 12.0 Å². The summed E-state index contributed by atoms with van der Waals surface area (Å²) in [5.41, 5.74) is 0.690. The molecule has 1 heterocycles. The minimum atomic E-state index is -0.221. The Morgan fingerprint density at radius 3 is 3.06 bits per heavy atom. The smallest absolute Gasteiger partial charge is 0.129 e. The van der Waals surface area contributed by atoms with Crippen molar-refractivity contribution in [2.24, 2.45) is 5.92 Å². The molecule has 0 spiro atoms. The van der Waals surface area contributed by atoms with Gasteiger partial charge >= 0.3 is 0 Å². The SMILES string of the molecule is Fc1cc(Cl)ccc1CNCC1CCSC1. The van der Waals surface area contributed by atoms with Gasteiger partial charge in [0.25, 0.3) is 0 Å². The molecule has 16 heavy (non-hydrogen) atoms. The van der Waals surface area contributed by atoms with Crippen LogP contribution in [0.25, 0.3) is 0 Å². The van der Waals surface area contributed by atoms with Gasteiger partial charge in [0.1, 0.15) is 5.82 Å². The average Bonchev–Trinajstić information content (AvgIpc) is 2.74. The van der Waals surface area contributed by atoms with Gasteiger partial charge in [0, 0.05) is 17.1 Å². The molecule has 1 aliphatic heterocycles. The van der Waals surface area contributed by atoms with E-state index in [1.165, 1.54) is 24.0 Å². The van der Waals surface area contributed by atoms with Crippen LogP contribution in [0.2, 0.25) is 5.02 Å².